The van der Waals surface area contributed by atoms with Crippen LogP contribution in [0.5, 0.6) is 0 Å². The molecule has 4 amide bonds. The van der Waals surface area contributed by atoms with Gasteiger partial charge in [0, 0.05) is 31.5 Å². The molecule has 0 saturated heterocycles. The maximum absolute atomic E-state index is 12.6. The Balaban J connectivity index is 2.06. The van der Waals surface area contributed by atoms with Gasteiger partial charge in [0.05, 0.1) is 11.1 Å². The molecule has 1 aliphatic heterocycles. The first-order valence-electron chi connectivity index (χ1n) is 9.52. The van der Waals surface area contributed by atoms with E-state index in [4.69, 9.17) is 4.74 Å². The van der Waals surface area contributed by atoms with E-state index in [1.54, 1.807) is 25.3 Å². The van der Waals surface area contributed by atoms with Gasteiger partial charge in [0.25, 0.3) is 11.8 Å². The van der Waals surface area contributed by atoms with Gasteiger partial charge in [-0.05, 0) is 50.3 Å². The lowest BCUT2D eigenvalue weighted by atomic mass is 9.82. The number of carbonyl (C=O) groups is 3. The Kier molecular flexibility index (Phi) is 6.49. The van der Waals surface area contributed by atoms with Gasteiger partial charge in [0.2, 0.25) is 0 Å². The van der Waals surface area contributed by atoms with E-state index in [0.29, 0.717) is 36.4 Å². The molecule has 2 N–H and O–H groups in total. The number of rotatable bonds is 7. The molecule has 0 atom stereocenters. The number of nitrogens with zero attached hydrogens (tertiary/aromatic N) is 1. The second kappa shape index (κ2) is 8.31. The van der Waals surface area contributed by atoms with E-state index in [0.717, 1.165) is 6.42 Å². The van der Waals surface area contributed by atoms with E-state index in [1.165, 1.54) is 4.90 Å². The van der Waals surface area contributed by atoms with Gasteiger partial charge < -0.3 is 15.4 Å². The lowest BCUT2D eigenvalue weighted by Crippen LogP contribution is -2.47. The fourth-order valence-corrected chi connectivity index (χ4v) is 3.78. The van der Waals surface area contributed by atoms with Gasteiger partial charge >= 0.3 is 6.03 Å². The topological polar surface area (TPSA) is 87.7 Å². The van der Waals surface area contributed by atoms with Crippen LogP contribution < -0.4 is 10.6 Å². The lowest BCUT2D eigenvalue weighted by molar-refractivity contribution is 0.0638. The zero-order chi connectivity index (χ0) is 21.1. The zero-order valence-electron chi connectivity index (χ0n) is 17.6. The highest BCUT2D eigenvalue weighted by Crippen LogP contribution is 2.28. The monoisotopic (exact) mass is 389 g/mol. The van der Waals surface area contributed by atoms with Crippen LogP contribution in [-0.2, 0) is 4.74 Å². The van der Waals surface area contributed by atoms with Crippen molar-refractivity contribution < 1.29 is 19.1 Å². The Labute approximate surface area is 166 Å². The van der Waals surface area contributed by atoms with Crippen molar-refractivity contribution >= 4 is 23.5 Å². The minimum Gasteiger partial charge on any atom is -0.385 e. The number of methoxy groups -OCH3 is 1. The van der Waals surface area contributed by atoms with Gasteiger partial charge in [-0.15, -0.1) is 0 Å². The average molecular weight is 389 g/mol. The number of fused-ring (bicyclic) bond motifs is 1. The van der Waals surface area contributed by atoms with Crippen LogP contribution in [0, 0.1) is 5.41 Å². The molecule has 0 unspecified atom stereocenters. The van der Waals surface area contributed by atoms with Crippen molar-refractivity contribution in [3.63, 3.8) is 0 Å². The quantitative estimate of drug-likeness (QED) is 0.550. The normalized spacial score (nSPS) is 14.3. The molecule has 2 rings (SSSR count). The first kappa shape index (κ1) is 21.9. The van der Waals surface area contributed by atoms with Crippen molar-refractivity contribution in [2.24, 2.45) is 5.41 Å². The summed E-state index contributed by atoms with van der Waals surface area (Å²) in [4.78, 5) is 38.6. The van der Waals surface area contributed by atoms with Gasteiger partial charge in [-0.2, -0.15) is 0 Å². The maximum Gasteiger partial charge on any atom is 0.319 e. The van der Waals surface area contributed by atoms with Crippen LogP contribution in [0.3, 0.4) is 0 Å². The van der Waals surface area contributed by atoms with Crippen LogP contribution in [0.15, 0.2) is 18.2 Å². The Morgan fingerprint density at radius 2 is 1.71 bits per heavy atom. The summed E-state index contributed by atoms with van der Waals surface area (Å²) in [5.74, 6) is -0.647. The molecule has 0 spiro atoms. The molecule has 0 fully saturated rings. The SMILES string of the molecule is COCCCN1C(=O)c2ccc(NC(=O)NC(C)(C)CC(C)(C)C)cc2C1=O. The van der Waals surface area contributed by atoms with E-state index >= 15 is 0 Å². The van der Waals surface area contributed by atoms with Gasteiger partial charge in [-0.3, -0.25) is 14.5 Å². The molecule has 0 saturated carbocycles. The molecule has 28 heavy (non-hydrogen) atoms. The van der Waals surface area contributed by atoms with Gasteiger partial charge in [-0.1, -0.05) is 20.8 Å². The summed E-state index contributed by atoms with van der Waals surface area (Å²) >= 11 is 0. The van der Waals surface area contributed by atoms with Crippen molar-refractivity contribution in [3.8, 4) is 0 Å². The predicted octanol–water partition coefficient (Wildman–Crippen LogP) is 3.66. The van der Waals surface area contributed by atoms with Crippen LogP contribution in [-0.4, -0.2) is 48.5 Å². The number of ether oxygens (including phenoxy) is 1. The van der Waals surface area contributed by atoms with Gasteiger partial charge in [0.15, 0.2) is 0 Å². The lowest BCUT2D eigenvalue weighted by Gasteiger charge is -2.33. The molecule has 7 heteroatoms. The fraction of sp³-hybridized carbons (Fsp3) is 0.571. The molecule has 1 heterocycles. The number of imide groups is 1. The number of hydrogen-bond donors (Lipinski definition) is 2. The van der Waals surface area contributed by atoms with Crippen molar-refractivity contribution in [1.82, 2.24) is 10.2 Å². The summed E-state index contributed by atoms with van der Waals surface area (Å²) in [5.41, 5.74) is 0.838. The van der Waals surface area contributed by atoms with Gasteiger partial charge in [-0.25, -0.2) is 4.79 Å². The van der Waals surface area contributed by atoms with Gasteiger partial charge in [0.1, 0.15) is 0 Å². The van der Waals surface area contributed by atoms with Crippen LogP contribution in [0.1, 0.15) is 68.2 Å². The fourth-order valence-electron chi connectivity index (χ4n) is 3.78. The molecule has 0 radical (unpaired) electrons. The Bertz CT molecular complexity index is 765. The molecule has 7 nitrogen and oxygen atoms in total. The average Bonchev–Trinajstić information content (AvgIpc) is 2.76. The Hall–Kier alpha value is -2.41. The summed E-state index contributed by atoms with van der Waals surface area (Å²) in [6.07, 6.45) is 1.39. The second-order valence-electron chi connectivity index (χ2n) is 9.07. The van der Waals surface area contributed by atoms with Crippen LogP contribution in [0.2, 0.25) is 0 Å². The largest absolute Gasteiger partial charge is 0.385 e. The minimum atomic E-state index is -0.386. The molecule has 1 aromatic rings. The van der Waals surface area contributed by atoms with Crippen molar-refractivity contribution in [2.45, 2.75) is 53.0 Å². The zero-order valence-corrected chi connectivity index (χ0v) is 17.6. The molecule has 1 aliphatic rings. The standard InChI is InChI=1S/C21H31N3O4/c1-20(2,3)13-21(4,5)23-19(27)22-14-8-9-15-16(12-14)18(26)24(17(15)25)10-7-11-28-6/h8-9,12H,7,10-11,13H2,1-6H3,(H2,22,23,27). The molecule has 0 bridgehead atoms. The molecule has 0 aromatic heterocycles. The Morgan fingerprint density at radius 3 is 2.32 bits per heavy atom. The van der Waals surface area contributed by atoms with E-state index < -0.39 is 0 Å². The third kappa shape index (κ3) is 5.55. The summed E-state index contributed by atoms with van der Waals surface area (Å²) in [6.45, 7) is 11.1. The minimum absolute atomic E-state index is 0.0728. The molecular weight excluding hydrogens is 358 g/mol. The number of benzene rings is 1. The molecule has 1 aromatic carbocycles. The summed E-state index contributed by atoms with van der Waals surface area (Å²) in [7, 11) is 1.58. The Morgan fingerprint density at radius 1 is 1.07 bits per heavy atom. The molecule has 0 aliphatic carbocycles. The highest BCUT2D eigenvalue weighted by Gasteiger charge is 2.35. The number of urea groups is 1. The summed E-state index contributed by atoms with van der Waals surface area (Å²) in [5, 5.41) is 5.73. The maximum atomic E-state index is 12.6. The number of carbonyl (C=O) groups excluding carboxylic acids is 3. The number of anilines is 1. The third-order valence-corrected chi connectivity index (χ3v) is 4.38. The summed E-state index contributed by atoms with van der Waals surface area (Å²) in [6, 6.07) is 4.44. The van der Waals surface area contributed by atoms with Crippen LogP contribution in [0.25, 0.3) is 0 Å². The first-order valence-corrected chi connectivity index (χ1v) is 9.52. The third-order valence-electron chi connectivity index (χ3n) is 4.38. The van der Waals surface area contributed by atoms with E-state index in [9.17, 15) is 14.4 Å². The van der Waals surface area contributed by atoms with Crippen molar-refractivity contribution in [3.05, 3.63) is 29.3 Å². The van der Waals surface area contributed by atoms with Crippen molar-refractivity contribution in [2.75, 3.05) is 25.6 Å². The number of amides is 4. The van der Waals surface area contributed by atoms with Crippen LogP contribution in [0.4, 0.5) is 10.5 Å². The summed E-state index contributed by atoms with van der Waals surface area (Å²) < 4.78 is 4.98. The molecular formula is C21H31N3O4. The predicted molar refractivity (Wildman–Crippen MR) is 109 cm³/mol. The smallest absolute Gasteiger partial charge is 0.319 e. The van der Waals surface area contributed by atoms with E-state index in [-0.39, 0.29) is 28.8 Å². The first-order chi connectivity index (χ1) is 12.9. The van der Waals surface area contributed by atoms with Crippen molar-refractivity contribution in [1.29, 1.82) is 0 Å². The molecule has 154 valence electrons. The number of hydrogen-bond acceptors (Lipinski definition) is 4. The van der Waals surface area contributed by atoms with E-state index in [1.807, 2.05) is 13.8 Å². The van der Waals surface area contributed by atoms with E-state index in [2.05, 4.69) is 31.4 Å². The highest BCUT2D eigenvalue weighted by molar-refractivity contribution is 6.21. The number of nitrogens with one attached hydrogen (secondary N) is 2. The highest BCUT2D eigenvalue weighted by atomic mass is 16.5. The second-order valence-corrected chi connectivity index (χ2v) is 9.07. The van der Waals surface area contributed by atoms with Crippen LogP contribution >= 0.6 is 0 Å².